The van der Waals surface area contributed by atoms with E-state index in [0.717, 1.165) is 49.6 Å². The average Bonchev–Trinajstić information content (AvgIpc) is 2.74. The van der Waals surface area contributed by atoms with Crippen molar-refractivity contribution in [1.29, 1.82) is 0 Å². The van der Waals surface area contributed by atoms with Gasteiger partial charge in [-0.05, 0) is 42.5 Å². The van der Waals surface area contributed by atoms with Gasteiger partial charge in [-0.1, -0.05) is 68.5 Å². The van der Waals surface area contributed by atoms with E-state index >= 15 is 0 Å². The molecule has 1 amide bonds. The Hall–Kier alpha value is -2.59. The van der Waals surface area contributed by atoms with Crippen LogP contribution in [0.2, 0.25) is 0 Å². The number of aryl methyl sites for hydroxylation is 1. The summed E-state index contributed by atoms with van der Waals surface area (Å²) >= 11 is 0. The number of carbonyl (C=O) groups is 1. The summed E-state index contributed by atoms with van der Waals surface area (Å²) < 4.78 is 6.13. The molecule has 0 bridgehead atoms. The SMILES string of the molecule is Cc1ccc(C(C)C)c(O[C@H](C)C(=O)N2CCN(C/C=C/c3ccccc3)CC2)c1. The Morgan fingerprint density at radius 1 is 1.03 bits per heavy atom. The van der Waals surface area contributed by atoms with E-state index in [4.69, 9.17) is 4.74 Å². The zero-order valence-corrected chi connectivity index (χ0v) is 18.7. The van der Waals surface area contributed by atoms with Crippen LogP contribution in [-0.4, -0.2) is 54.5 Å². The van der Waals surface area contributed by atoms with Crippen LogP contribution in [0.1, 0.15) is 43.4 Å². The summed E-state index contributed by atoms with van der Waals surface area (Å²) in [6.07, 6.45) is 3.87. The molecule has 3 rings (SSSR count). The summed E-state index contributed by atoms with van der Waals surface area (Å²) in [7, 11) is 0. The summed E-state index contributed by atoms with van der Waals surface area (Å²) in [6.45, 7) is 12.4. The summed E-state index contributed by atoms with van der Waals surface area (Å²) in [4.78, 5) is 17.3. The van der Waals surface area contributed by atoms with Gasteiger partial charge < -0.3 is 9.64 Å². The number of rotatable bonds is 7. The van der Waals surface area contributed by atoms with Crippen LogP contribution in [0, 0.1) is 6.92 Å². The molecule has 2 aromatic rings. The van der Waals surface area contributed by atoms with Crippen LogP contribution < -0.4 is 4.74 Å². The summed E-state index contributed by atoms with van der Waals surface area (Å²) in [5.74, 6) is 1.26. The third-order valence-electron chi connectivity index (χ3n) is 5.60. The fourth-order valence-electron chi connectivity index (χ4n) is 3.77. The molecule has 0 N–H and O–H groups in total. The predicted octanol–water partition coefficient (Wildman–Crippen LogP) is 4.74. The smallest absolute Gasteiger partial charge is 0.263 e. The standard InChI is InChI=1S/C26H34N2O2/c1-20(2)24-13-12-21(3)19-25(24)30-22(4)26(29)28-17-15-27(16-18-28)14-8-11-23-9-6-5-7-10-23/h5-13,19-20,22H,14-18H2,1-4H3/b11-8+/t22-/m1/s1. The number of hydrogen-bond donors (Lipinski definition) is 0. The number of piperazine rings is 1. The second-order valence-electron chi connectivity index (χ2n) is 8.40. The Labute approximate surface area is 181 Å². The molecule has 1 saturated heterocycles. The fourth-order valence-corrected chi connectivity index (χ4v) is 3.77. The first-order chi connectivity index (χ1) is 14.4. The number of benzene rings is 2. The second-order valence-corrected chi connectivity index (χ2v) is 8.40. The van der Waals surface area contributed by atoms with Gasteiger partial charge in [-0.2, -0.15) is 0 Å². The quantitative estimate of drug-likeness (QED) is 0.666. The second kappa shape index (κ2) is 10.4. The first-order valence-corrected chi connectivity index (χ1v) is 10.9. The van der Waals surface area contributed by atoms with E-state index in [1.807, 2.05) is 36.1 Å². The molecule has 2 aromatic carbocycles. The van der Waals surface area contributed by atoms with Crippen molar-refractivity contribution in [3.63, 3.8) is 0 Å². The molecule has 1 fully saturated rings. The van der Waals surface area contributed by atoms with E-state index in [0.29, 0.717) is 5.92 Å². The van der Waals surface area contributed by atoms with Crippen molar-refractivity contribution in [3.05, 3.63) is 71.3 Å². The Bertz CT molecular complexity index is 853. The molecular formula is C26H34N2O2. The molecule has 30 heavy (non-hydrogen) atoms. The van der Waals surface area contributed by atoms with Crippen LogP contribution >= 0.6 is 0 Å². The van der Waals surface area contributed by atoms with Crippen molar-refractivity contribution in [2.45, 2.75) is 39.7 Å². The molecule has 0 spiro atoms. The third-order valence-corrected chi connectivity index (χ3v) is 5.60. The highest BCUT2D eigenvalue weighted by atomic mass is 16.5. The van der Waals surface area contributed by atoms with Gasteiger partial charge in [0.15, 0.2) is 6.10 Å². The van der Waals surface area contributed by atoms with Gasteiger partial charge in [0.25, 0.3) is 5.91 Å². The topological polar surface area (TPSA) is 32.8 Å². The van der Waals surface area contributed by atoms with Crippen LogP contribution in [0.5, 0.6) is 5.75 Å². The molecule has 0 unspecified atom stereocenters. The zero-order chi connectivity index (χ0) is 21.5. The largest absolute Gasteiger partial charge is 0.481 e. The van der Waals surface area contributed by atoms with Gasteiger partial charge in [-0.15, -0.1) is 0 Å². The lowest BCUT2D eigenvalue weighted by molar-refractivity contribution is -0.139. The molecule has 1 aliphatic heterocycles. The Morgan fingerprint density at radius 3 is 2.40 bits per heavy atom. The van der Waals surface area contributed by atoms with Crippen molar-refractivity contribution in [2.24, 2.45) is 0 Å². The third kappa shape index (κ3) is 5.96. The lowest BCUT2D eigenvalue weighted by atomic mass is 10.0. The van der Waals surface area contributed by atoms with Crippen molar-refractivity contribution < 1.29 is 9.53 Å². The van der Waals surface area contributed by atoms with Gasteiger partial charge in [0.2, 0.25) is 0 Å². The molecular weight excluding hydrogens is 372 g/mol. The Morgan fingerprint density at radius 2 is 1.73 bits per heavy atom. The van der Waals surface area contributed by atoms with Gasteiger partial charge in [-0.3, -0.25) is 9.69 Å². The summed E-state index contributed by atoms with van der Waals surface area (Å²) in [5.41, 5.74) is 3.51. The van der Waals surface area contributed by atoms with E-state index < -0.39 is 6.10 Å². The minimum Gasteiger partial charge on any atom is -0.481 e. The fraction of sp³-hybridized carbons (Fsp3) is 0.423. The van der Waals surface area contributed by atoms with Crippen molar-refractivity contribution in [3.8, 4) is 5.75 Å². The molecule has 1 heterocycles. The molecule has 4 nitrogen and oxygen atoms in total. The average molecular weight is 407 g/mol. The van der Waals surface area contributed by atoms with E-state index in [9.17, 15) is 4.79 Å². The van der Waals surface area contributed by atoms with Gasteiger partial charge >= 0.3 is 0 Å². The summed E-state index contributed by atoms with van der Waals surface area (Å²) in [5, 5.41) is 0. The van der Waals surface area contributed by atoms with Crippen LogP contribution in [0.15, 0.2) is 54.6 Å². The first kappa shape index (κ1) is 22.1. The zero-order valence-electron chi connectivity index (χ0n) is 18.7. The van der Waals surface area contributed by atoms with Crippen LogP contribution in [0.4, 0.5) is 0 Å². The van der Waals surface area contributed by atoms with Crippen LogP contribution in [-0.2, 0) is 4.79 Å². The molecule has 0 saturated carbocycles. The Kier molecular flexibility index (Phi) is 7.69. The van der Waals surface area contributed by atoms with Crippen molar-refractivity contribution >= 4 is 12.0 Å². The van der Waals surface area contributed by atoms with E-state index in [1.54, 1.807) is 0 Å². The van der Waals surface area contributed by atoms with Gasteiger partial charge in [0.05, 0.1) is 0 Å². The summed E-state index contributed by atoms with van der Waals surface area (Å²) in [6, 6.07) is 16.6. The lowest BCUT2D eigenvalue weighted by Gasteiger charge is -2.35. The van der Waals surface area contributed by atoms with Gasteiger partial charge in [0, 0.05) is 32.7 Å². The van der Waals surface area contributed by atoms with Gasteiger partial charge in [0.1, 0.15) is 5.75 Å². The monoisotopic (exact) mass is 406 g/mol. The normalized spacial score (nSPS) is 16.2. The molecule has 1 aliphatic rings. The number of hydrogen-bond acceptors (Lipinski definition) is 3. The molecule has 4 heteroatoms. The Balaban J connectivity index is 1.50. The molecule has 160 valence electrons. The highest BCUT2D eigenvalue weighted by Crippen LogP contribution is 2.28. The molecule has 1 atom stereocenters. The van der Waals surface area contributed by atoms with E-state index in [1.165, 1.54) is 5.56 Å². The first-order valence-electron chi connectivity index (χ1n) is 10.9. The highest BCUT2D eigenvalue weighted by molar-refractivity contribution is 5.81. The lowest BCUT2D eigenvalue weighted by Crippen LogP contribution is -2.51. The maximum atomic E-state index is 12.9. The molecule has 0 aromatic heterocycles. The van der Waals surface area contributed by atoms with E-state index in [-0.39, 0.29) is 5.91 Å². The number of nitrogens with zero attached hydrogens (tertiary/aromatic N) is 2. The van der Waals surface area contributed by atoms with E-state index in [2.05, 4.69) is 62.1 Å². The number of amides is 1. The van der Waals surface area contributed by atoms with Crippen molar-refractivity contribution in [1.82, 2.24) is 9.80 Å². The van der Waals surface area contributed by atoms with Crippen LogP contribution in [0.25, 0.3) is 6.08 Å². The number of ether oxygens (including phenoxy) is 1. The van der Waals surface area contributed by atoms with Crippen LogP contribution in [0.3, 0.4) is 0 Å². The maximum Gasteiger partial charge on any atom is 0.263 e. The number of carbonyl (C=O) groups excluding carboxylic acids is 1. The van der Waals surface area contributed by atoms with Gasteiger partial charge in [-0.25, -0.2) is 0 Å². The maximum absolute atomic E-state index is 12.9. The highest BCUT2D eigenvalue weighted by Gasteiger charge is 2.26. The minimum absolute atomic E-state index is 0.0747. The minimum atomic E-state index is -0.478. The predicted molar refractivity (Wildman–Crippen MR) is 124 cm³/mol. The molecule has 0 aliphatic carbocycles. The molecule has 0 radical (unpaired) electrons. The van der Waals surface area contributed by atoms with Crippen molar-refractivity contribution in [2.75, 3.05) is 32.7 Å².